The van der Waals surface area contributed by atoms with Gasteiger partial charge >= 0.3 is 0 Å². The molecule has 2 atom stereocenters. The molecule has 0 radical (unpaired) electrons. The van der Waals surface area contributed by atoms with Crippen molar-refractivity contribution in [3.63, 3.8) is 0 Å². The molecule has 1 fully saturated rings. The average molecular weight is 218 g/mol. The van der Waals surface area contributed by atoms with Crippen LogP contribution in [-0.4, -0.2) is 13.1 Å². The van der Waals surface area contributed by atoms with Gasteiger partial charge in [-0.25, -0.2) is 0 Å². The molecular weight excluding hydrogens is 204 g/mol. The Balaban J connectivity index is 1.90. The highest BCUT2D eigenvalue weighted by Gasteiger charge is 2.30. The zero-order valence-corrected chi connectivity index (χ0v) is 8.85. The van der Waals surface area contributed by atoms with Gasteiger partial charge in [-0.05, 0) is 24.3 Å². The molecule has 3 rings (SSSR count). The van der Waals surface area contributed by atoms with Gasteiger partial charge in [0, 0.05) is 13.1 Å². The summed E-state index contributed by atoms with van der Waals surface area (Å²) in [4.78, 5) is 0. The third-order valence-corrected chi connectivity index (χ3v) is 2.89. The van der Waals surface area contributed by atoms with E-state index in [-0.39, 0.29) is 12.1 Å². The Hall–Kier alpha value is -1.52. The first-order valence-corrected chi connectivity index (χ1v) is 5.49. The van der Waals surface area contributed by atoms with Gasteiger partial charge in [-0.3, -0.25) is 0 Å². The largest absolute Gasteiger partial charge is 0.468 e. The maximum atomic E-state index is 5.46. The summed E-state index contributed by atoms with van der Waals surface area (Å²) in [5.74, 6) is 1.88. The summed E-state index contributed by atoms with van der Waals surface area (Å²) in [6, 6.07) is 8.06. The third kappa shape index (κ3) is 1.66. The minimum absolute atomic E-state index is 0.134. The van der Waals surface area contributed by atoms with Crippen LogP contribution in [0.5, 0.6) is 0 Å². The van der Waals surface area contributed by atoms with Crippen LogP contribution >= 0.6 is 0 Å². The van der Waals surface area contributed by atoms with Gasteiger partial charge in [-0.1, -0.05) is 0 Å². The molecule has 84 valence electrons. The van der Waals surface area contributed by atoms with E-state index in [1.54, 1.807) is 12.5 Å². The van der Waals surface area contributed by atoms with E-state index in [0.29, 0.717) is 0 Å². The molecule has 4 heteroatoms. The van der Waals surface area contributed by atoms with Crippen LogP contribution in [0.15, 0.2) is 45.6 Å². The SMILES string of the molecule is c1coc([C@@H]2NCCN[C@H]2c2ccco2)c1. The Morgan fingerprint density at radius 1 is 0.875 bits per heavy atom. The van der Waals surface area contributed by atoms with Crippen molar-refractivity contribution in [1.82, 2.24) is 10.6 Å². The highest BCUT2D eigenvalue weighted by atomic mass is 16.3. The second kappa shape index (κ2) is 4.15. The van der Waals surface area contributed by atoms with E-state index in [4.69, 9.17) is 8.83 Å². The van der Waals surface area contributed by atoms with Crippen LogP contribution in [0.1, 0.15) is 23.6 Å². The highest BCUT2D eigenvalue weighted by molar-refractivity contribution is 5.16. The number of hydrogen-bond acceptors (Lipinski definition) is 4. The number of nitrogens with one attached hydrogen (secondary N) is 2. The quantitative estimate of drug-likeness (QED) is 0.807. The molecule has 2 aromatic heterocycles. The van der Waals surface area contributed by atoms with Crippen molar-refractivity contribution in [3.8, 4) is 0 Å². The monoisotopic (exact) mass is 218 g/mol. The molecule has 4 nitrogen and oxygen atoms in total. The molecule has 1 aliphatic rings. The van der Waals surface area contributed by atoms with Crippen LogP contribution < -0.4 is 10.6 Å². The fourth-order valence-electron chi connectivity index (χ4n) is 2.16. The molecule has 0 saturated carbocycles. The first-order chi connectivity index (χ1) is 7.95. The lowest BCUT2D eigenvalue weighted by atomic mass is 10.0. The summed E-state index contributed by atoms with van der Waals surface area (Å²) in [6.45, 7) is 1.87. The van der Waals surface area contributed by atoms with E-state index in [1.165, 1.54) is 0 Å². The lowest BCUT2D eigenvalue weighted by Gasteiger charge is -2.31. The molecule has 0 aliphatic carbocycles. The maximum absolute atomic E-state index is 5.46. The van der Waals surface area contributed by atoms with Crippen LogP contribution in [0.4, 0.5) is 0 Å². The summed E-state index contributed by atoms with van der Waals surface area (Å²) in [5, 5.41) is 6.89. The van der Waals surface area contributed by atoms with Gasteiger partial charge in [0.1, 0.15) is 11.5 Å². The second-order valence-corrected chi connectivity index (χ2v) is 3.89. The zero-order valence-electron chi connectivity index (χ0n) is 8.85. The fourth-order valence-corrected chi connectivity index (χ4v) is 2.16. The Kier molecular flexibility index (Phi) is 2.52. The van der Waals surface area contributed by atoms with Gasteiger partial charge in [0.05, 0.1) is 24.6 Å². The highest BCUT2D eigenvalue weighted by Crippen LogP contribution is 2.30. The van der Waals surface area contributed by atoms with Crippen molar-refractivity contribution in [3.05, 3.63) is 48.3 Å². The molecule has 1 aliphatic heterocycles. The van der Waals surface area contributed by atoms with Gasteiger partial charge in [-0.2, -0.15) is 0 Å². The number of rotatable bonds is 2. The van der Waals surface area contributed by atoms with Crippen LogP contribution in [0.2, 0.25) is 0 Å². The van der Waals surface area contributed by atoms with Crippen LogP contribution in [0, 0.1) is 0 Å². The molecule has 0 spiro atoms. The molecule has 16 heavy (non-hydrogen) atoms. The molecule has 2 aromatic rings. The molecule has 0 bridgehead atoms. The summed E-state index contributed by atoms with van der Waals surface area (Å²) in [6.07, 6.45) is 3.40. The van der Waals surface area contributed by atoms with Crippen molar-refractivity contribution < 1.29 is 8.83 Å². The summed E-state index contributed by atoms with van der Waals surface area (Å²) in [7, 11) is 0. The molecule has 0 amide bonds. The normalized spacial score (nSPS) is 25.8. The molecule has 3 heterocycles. The van der Waals surface area contributed by atoms with Crippen LogP contribution in [0.3, 0.4) is 0 Å². The van der Waals surface area contributed by atoms with Crippen molar-refractivity contribution in [2.75, 3.05) is 13.1 Å². The maximum Gasteiger partial charge on any atom is 0.122 e. The van der Waals surface area contributed by atoms with Crippen LogP contribution in [0.25, 0.3) is 0 Å². The third-order valence-electron chi connectivity index (χ3n) is 2.89. The number of hydrogen-bond donors (Lipinski definition) is 2. The first kappa shape index (κ1) is 9.69. The number of furan rings is 2. The van der Waals surface area contributed by atoms with E-state index in [1.807, 2.05) is 24.3 Å². The Morgan fingerprint density at radius 2 is 1.38 bits per heavy atom. The Morgan fingerprint density at radius 3 is 1.75 bits per heavy atom. The smallest absolute Gasteiger partial charge is 0.122 e. The lowest BCUT2D eigenvalue weighted by Crippen LogP contribution is -2.45. The molecular formula is C12H14N2O2. The van der Waals surface area contributed by atoms with Gasteiger partial charge in [-0.15, -0.1) is 0 Å². The fraction of sp³-hybridized carbons (Fsp3) is 0.333. The van der Waals surface area contributed by atoms with Crippen molar-refractivity contribution in [2.24, 2.45) is 0 Å². The van der Waals surface area contributed by atoms with Gasteiger partial charge in [0.2, 0.25) is 0 Å². The second-order valence-electron chi connectivity index (χ2n) is 3.89. The molecule has 0 unspecified atom stereocenters. The molecule has 2 N–H and O–H groups in total. The van der Waals surface area contributed by atoms with Gasteiger partial charge in [0.25, 0.3) is 0 Å². The van der Waals surface area contributed by atoms with E-state index < -0.39 is 0 Å². The minimum Gasteiger partial charge on any atom is -0.468 e. The standard InChI is InChI=1S/C12H14N2O2/c1-3-9(15-7-1)11-12(14-6-5-13-11)10-4-2-8-16-10/h1-4,7-8,11-14H,5-6H2/t11-,12-/m0/s1. The summed E-state index contributed by atoms with van der Waals surface area (Å²) in [5.41, 5.74) is 0. The van der Waals surface area contributed by atoms with Crippen molar-refractivity contribution in [2.45, 2.75) is 12.1 Å². The van der Waals surface area contributed by atoms with E-state index >= 15 is 0 Å². The zero-order chi connectivity index (χ0) is 10.8. The van der Waals surface area contributed by atoms with E-state index in [9.17, 15) is 0 Å². The topological polar surface area (TPSA) is 50.3 Å². The average Bonchev–Trinajstić information content (AvgIpc) is 3.03. The van der Waals surface area contributed by atoms with Crippen molar-refractivity contribution >= 4 is 0 Å². The van der Waals surface area contributed by atoms with Crippen LogP contribution in [-0.2, 0) is 0 Å². The Bertz CT molecular complexity index is 380. The summed E-state index contributed by atoms with van der Waals surface area (Å²) >= 11 is 0. The van der Waals surface area contributed by atoms with Crippen molar-refractivity contribution in [1.29, 1.82) is 0 Å². The number of piperazine rings is 1. The molecule has 0 aromatic carbocycles. The summed E-state index contributed by atoms with van der Waals surface area (Å²) < 4.78 is 10.9. The first-order valence-electron chi connectivity index (χ1n) is 5.49. The minimum atomic E-state index is 0.134. The predicted octanol–water partition coefficient (Wildman–Crippen LogP) is 1.85. The van der Waals surface area contributed by atoms with E-state index in [0.717, 1.165) is 24.6 Å². The Labute approximate surface area is 93.6 Å². The predicted molar refractivity (Wildman–Crippen MR) is 58.9 cm³/mol. The van der Waals surface area contributed by atoms with E-state index in [2.05, 4.69) is 10.6 Å². The molecule has 1 saturated heterocycles. The lowest BCUT2D eigenvalue weighted by molar-refractivity contribution is 0.261. The van der Waals surface area contributed by atoms with Gasteiger partial charge in [0.15, 0.2) is 0 Å². The van der Waals surface area contributed by atoms with Gasteiger partial charge < -0.3 is 19.5 Å².